The maximum absolute atomic E-state index is 5.57. The number of hydrazine groups is 1. The molecule has 0 radical (unpaired) electrons. The van der Waals surface area contributed by atoms with Crippen molar-refractivity contribution < 1.29 is 0 Å². The highest BCUT2D eigenvalue weighted by Crippen LogP contribution is 2.43. The number of nitrogen functional groups attached to an aromatic ring is 1. The SMILES string of the molecule is CC(C)(C)[C@@H]1CCc2c(sc3ncnc(NN)c23)C1. The summed E-state index contributed by atoms with van der Waals surface area (Å²) in [7, 11) is 0. The zero-order chi connectivity index (χ0) is 13.6. The van der Waals surface area contributed by atoms with Crippen LogP contribution in [0.2, 0.25) is 0 Å². The summed E-state index contributed by atoms with van der Waals surface area (Å²) in [4.78, 5) is 11.2. The van der Waals surface area contributed by atoms with Crippen molar-refractivity contribution >= 4 is 27.4 Å². The molecule has 2 heterocycles. The highest BCUT2D eigenvalue weighted by atomic mass is 32.1. The van der Waals surface area contributed by atoms with Crippen molar-refractivity contribution in [2.24, 2.45) is 17.2 Å². The Hall–Kier alpha value is -1.20. The van der Waals surface area contributed by atoms with Crippen molar-refractivity contribution in [3.63, 3.8) is 0 Å². The van der Waals surface area contributed by atoms with Gasteiger partial charge in [-0.1, -0.05) is 20.8 Å². The predicted molar refractivity (Wildman–Crippen MR) is 80.2 cm³/mol. The van der Waals surface area contributed by atoms with Crippen LogP contribution < -0.4 is 11.3 Å². The van der Waals surface area contributed by atoms with E-state index in [-0.39, 0.29) is 0 Å². The predicted octanol–water partition coefficient (Wildman–Crippen LogP) is 3.13. The molecule has 3 rings (SSSR count). The highest BCUT2D eigenvalue weighted by Gasteiger charge is 2.31. The van der Waals surface area contributed by atoms with Crippen molar-refractivity contribution in [3.05, 3.63) is 16.8 Å². The molecule has 2 aromatic heterocycles. The third-order valence-electron chi connectivity index (χ3n) is 4.21. The second-order valence-corrected chi connectivity index (χ2v) is 7.44. The van der Waals surface area contributed by atoms with Crippen LogP contribution in [0, 0.1) is 11.3 Å². The molecule has 0 amide bonds. The Morgan fingerprint density at radius 3 is 2.84 bits per heavy atom. The Balaban J connectivity index is 2.08. The fraction of sp³-hybridized carbons (Fsp3) is 0.571. The van der Waals surface area contributed by atoms with Crippen LogP contribution in [-0.2, 0) is 12.8 Å². The summed E-state index contributed by atoms with van der Waals surface area (Å²) in [6.07, 6.45) is 5.09. The van der Waals surface area contributed by atoms with Gasteiger partial charge in [-0.2, -0.15) is 0 Å². The van der Waals surface area contributed by atoms with Crippen LogP contribution in [-0.4, -0.2) is 9.97 Å². The molecule has 0 saturated heterocycles. The van der Waals surface area contributed by atoms with E-state index in [4.69, 9.17) is 5.84 Å². The summed E-state index contributed by atoms with van der Waals surface area (Å²) in [6.45, 7) is 7.01. The molecule has 102 valence electrons. The number of hydrogen-bond acceptors (Lipinski definition) is 5. The minimum Gasteiger partial charge on any atom is -0.308 e. The number of anilines is 1. The Morgan fingerprint density at radius 1 is 1.37 bits per heavy atom. The Morgan fingerprint density at radius 2 is 2.16 bits per heavy atom. The number of aromatic nitrogens is 2. The van der Waals surface area contributed by atoms with E-state index < -0.39 is 0 Å². The summed E-state index contributed by atoms with van der Waals surface area (Å²) in [5, 5.41) is 1.14. The van der Waals surface area contributed by atoms with Gasteiger partial charge in [0.05, 0.1) is 5.39 Å². The monoisotopic (exact) mass is 276 g/mol. The highest BCUT2D eigenvalue weighted by molar-refractivity contribution is 7.19. The normalized spacial score (nSPS) is 19.5. The molecular weight excluding hydrogens is 256 g/mol. The first-order valence-corrected chi connectivity index (χ1v) is 7.54. The second-order valence-electron chi connectivity index (χ2n) is 6.36. The maximum atomic E-state index is 5.57. The smallest absolute Gasteiger partial charge is 0.152 e. The molecule has 4 nitrogen and oxygen atoms in total. The molecule has 1 aliphatic carbocycles. The van der Waals surface area contributed by atoms with E-state index in [1.165, 1.54) is 16.9 Å². The molecule has 0 fully saturated rings. The van der Waals surface area contributed by atoms with Crippen LogP contribution in [0.5, 0.6) is 0 Å². The number of nitrogens with one attached hydrogen (secondary N) is 1. The van der Waals surface area contributed by atoms with E-state index in [2.05, 4.69) is 36.2 Å². The molecule has 3 N–H and O–H groups in total. The summed E-state index contributed by atoms with van der Waals surface area (Å²) < 4.78 is 0. The first kappa shape index (κ1) is 12.8. The summed E-state index contributed by atoms with van der Waals surface area (Å²) >= 11 is 1.80. The largest absolute Gasteiger partial charge is 0.308 e. The van der Waals surface area contributed by atoms with E-state index in [1.54, 1.807) is 17.7 Å². The van der Waals surface area contributed by atoms with Gasteiger partial charge in [-0.15, -0.1) is 11.3 Å². The first-order valence-electron chi connectivity index (χ1n) is 6.72. The summed E-state index contributed by atoms with van der Waals surface area (Å²) in [5.74, 6) is 7.08. The van der Waals surface area contributed by atoms with Gasteiger partial charge < -0.3 is 5.43 Å². The van der Waals surface area contributed by atoms with Crippen molar-refractivity contribution in [2.75, 3.05) is 5.43 Å². The van der Waals surface area contributed by atoms with Crippen molar-refractivity contribution in [3.8, 4) is 0 Å². The van der Waals surface area contributed by atoms with E-state index in [1.807, 2.05) is 0 Å². The molecular formula is C14H20N4S. The maximum Gasteiger partial charge on any atom is 0.152 e. The van der Waals surface area contributed by atoms with Gasteiger partial charge in [-0.3, -0.25) is 0 Å². The van der Waals surface area contributed by atoms with Gasteiger partial charge >= 0.3 is 0 Å². The Labute approximate surface area is 117 Å². The van der Waals surface area contributed by atoms with E-state index in [0.29, 0.717) is 5.41 Å². The van der Waals surface area contributed by atoms with Gasteiger partial charge in [0.1, 0.15) is 11.2 Å². The van der Waals surface area contributed by atoms with E-state index in [9.17, 15) is 0 Å². The first-order chi connectivity index (χ1) is 9.00. The van der Waals surface area contributed by atoms with Crippen LogP contribution in [0.4, 0.5) is 5.82 Å². The second kappa shape index (κ2) is 4.42. The van der Waals surface area contributed by atoms with Gasteiger partial charge in [0, 0.05) is 4.88 Å². The molecule has 0 aliphatic heterocycles. The minimum atomic E-state index is 0.370. The quantitative estimate of drug-likeness (QED) is 0.620. The number of fused-ring (bicyclic) bond motifs is 3. The number of aryl methyl sites for hydroxylation is 1. The molecule has 2 aromatic rings. The fourth-order valence-corrected chi connectivity index (χ4v) is 4.23. The Kier molecular flexibility index (Phi) is 2.98. The van der Waals surface area contributed by atoms with Gasteiger partial charge in [0.2, 0.25) is 0 Å². The van der Waals surface area contributed by atoms with Gasteiger partial charge in [0.25, 0.3) is 0 Å². The van der Waals surface area contributed by atoms with Gasteiger partial charge in [0.15, 0.2) is 5.82 Å². The topological polar surface area (TPSA) is 63.8 Å². The lowest BCUT2D eigenvalue weighted by Gasteiger charge is -2.33. The fourth-order valence-electron chi connectivity index (χ4n) is 2.96. The third kappa shape index (κ3) is 2.11. The van der Waals surface area contributed by atoms with Crippen LogP contribution >= 0.6 is 11.3 Å². The molecule has 0 spiro atoms. The average molecular weight is 276 g/mol. The Bertz CT molecular complexity index is 612. The van der Waals surface area contributed by atoms with E-state index >= 15 is 0 Å². The van der Waals surface area contributed by atoms with Gasteiger partial charge in [-0.25, -0.2) is 15.8 Å². The lowest BCUT2D eigenvalue weighted by Crippen LogP contribution is -2.26. The zero-order valence-corrected chi connectivity index (χ0v) is 12.5. The number of thiophene rings is 1. The zero-order valence-electron chi connectivity index (χ0n) is 11.7. The molecule has 5 heteroatoms. The minimum absolute atomic E-state index is 0.370. The third-order valence-corrected chi connectivity index (χ3v) is 5.37. The van der Waals surface area contributed by atoms with Crippen LogP contribution in [0.3, 0.4) is 0 Å². The summed E-state index contributed by atoms with van der Waals surface area (Å²) in [6, 6.07) is 0. The number of hydrogen-bond donors (Lipinski definition) is 2. The molecule has 0 saturated carbocycles. The lowest BCUT2D eigenvalue weighted by molar-refractivity contribution is 0.218. The summed E-state index contributed by atoms with van der Waals surface area (Å²) in [5.41, 5.74) is 4.48. The van der Waals surface area contributed by atoms with Crippen molar-refractivity contribution in [2.45, 2.75) is 40.0 Å². The van der Waals surface area contributed by atoms with Crippen molar-refractivity contribution in [1.82, 2.24) is 9.97 Å². The van der Waals surface area contributed by atoms with Crippen LogP contribution in [0.1, 0.15) is 37.6 Å². The molecule has 0 aromatic carbocycles. The number of nitrogens with two attached hydrogens (primary N) is 1. The lowest BCUT2D eigenvalue weighted by atomic mass is 9.72. The molecule has 0 bridgehead atoms. The average Bonchev–Trinajstić information content (AvgIpc) is 2.74. The molecule has 0 unspecified atom stereocenters. The number of rotatable bonds is 1. The van der Waals surface area contributed by atoms with Crippen molar-refractivity contribution in [1.29, 1.82) is 0 Å². The van der Waals surface area contributed by atoms with E-state index in [0.717, 1.165) is 34.8 Å². The molecule has 19 heavy (non-hydrogen) atoms. The molecule has 1 atom stereocenters. The number of nitrogens with zero attached hydrogens (tertiary/aromatic N) is 2. The van der Waals surface area contributed by atoms with Gasteiger partial charge in [-0.05, 0) is 36.2 Å². The standard InChI is InChI=1S/C14H20N4S/c1-14(2,3)8-4-5-9-10(6-8)19-13-11(9)12(18-15)16-7-17-13/h7-8H,4-6,15H2,1-3H3,(H,16,17,18)/t8-/m1/s1. The van der Waals surface area contributed by atoms with Crippen LogP contribution in [0.15, 0.2) is 6.33 Å². The molecule has 1 aliphatic rings. The van der Waals surface area contributed by atoms with Crippen LogP contribution in [0.25, 0.3) is 10.2 Å².